The second-order valence-corrected chi connectivity index (χ2v) is 5.72. The van der Waals surface area contributed by atoms with Crippen molar-refractivity contribution in [2.24, 2.45) is 5.92 Å². The number of hydrogen-bond acceptors (Lipinski definition) is 4. The van der Waals surface area contributed by atoms with Crippen LogP contribution in [0, 0.1) is 5.92 Å². The molecule has 0 aromatic carbocycles. The largest absolute Gasteiger partial charge is 0.379 e. The lowest BCUT2D eigenvalue weighted by atomic mass is 10.1. The van der Waals surface area contributed by atoms with E-state index in [2.05, 4.69) is 9.88 Å². The summed E-state index contributed by atoms with van der Waals surface area (Å²) < 4.78 is 5.59. The zero-order chi connectivity index (χ0) is 14.5. The molecule has 2 rings (SSSR count). The van der Waals surface area contributed by atoms with E-state index in [1.165, 1.54) is 6.20 Å². The van der Waals surface area contributed by atoms with E-state index >= 15 is 0 Å². The van der Waals surface area contributed by atoms with Gasteiger partial charge in [0, 0.05) is 37.9 Å². The monoisotopic (exact) mass is 297 g/mol. The van der Waals surface area contributed by atoms with E-state index in [1.807, 2.05) is 19.0 Å². The molecular weight excluding hydrogens is 278 g/mol. The number of rotatable bonds is 3. The zero-order valence-corrected chi connectivity index (χ0v) is 12.6. The standard InChI is InChI=1S/C14H20ClN3O2/c1-17(2)8-11-9-18(5-6-20-10-11)14(19)12-3-4-16-7-13(12)15/h3-4,7,11H,5-6,8-10H2,1-2H3/t11-/m1/s1. The SMILES string of the molecule is CN(C)C[C@H]1COCCN(C(=O)c2ccncc2Cl)C1. The third-order valence-electron chi connectivity index (χ3n) is 3.25. The summed E-state index contributed by atoms with van der Waals surface area (Å²) in [6.45, 7) is 3.44. The minimum atomic E-state index is -0.0494. The minimum absolute atomic E-state index is 0.0494. The fraction of sp³-hybridized carbons (Fsp3) is 0.571. The Labute approximate surface area is 124 Å². The molecule has 6 heteroatoms. The molecule has 1 atom stereocenters. The molecule has 0 N–H and O–H groups in total. The lowest BCUT2D eigenvalue weighted by Crippen LogP contribution is -2.38. The lowest BCUT2D eigenvalue weighted by molar-refractivity contribution is 0.0735. The maximum absolute atomic E-state index is 12.5. The van der Waals surface area contributed by atoms with Crippen molar-refractivity contribution < 1.29 is 9.53 Å². The Bertz CT molecular complexity index is 467. The number of pyridine rings is 1. The molecule has 0 spiro atoms. The third kappa shape index (κ3) is 3.91. The molecule has 1 aliphatic rings. The van der Waals surface area contributed by atoms with E-state index in [9.17, 15) is 4.79 Å². The number of nitrogens with zero attached hydrogens (tertiary/aromatic N) is 3. The maximum atomic E-state index is 12.5. The van der Waals surface area contributed by atoms with Gasteiger partial charge in [-0.15, -0.1) is 0 Å². The van der Waals surface area contributed by atoms with Gasteiger partial charge in [-0.05, 0) is 20.2 Å². The molecule has 0 aliphatic carbocycles. The van der Waals surface area contributed by atoms with E-state index in [-0.39, 0.29) is 5.91 Å². The molecule has 0 unspecified atom stereocenters. The average molecular weight is 298 g/mol. The van der Waals surface area contributed by atoms with Gasteiger partial charge in [-0.25, -0.2) is 0 Å². The van der Waals surface area contributed by atoms with E-state index < -0.39 is 0 Å². The van der Waals surface area contributed by atoms with Gasteiger partial charge < -0.3 is 14.5 Å². The molecule has 110 valence electrons. The number of halogens is 1. The summed E-state index contributed by atoms with van der Waals surface area (Å²) in [6, 6.07) is 1.66. The number of hydrogen-bond donors (Lipinski definition) is 0. The van der Waals surface area contributed by atoms with E-state index in [4.69, 9.17) is 16.3 Å². The average Bonchev–Trinajstić information content (AvgIpc) is 2.63. The van der Waals surface area contributed by atoms with Crippen molar-refractivity contribution in [3.63, 3.8) is 0 Å². The molecule has 2 heterocycles. The Kier molecular flexibility index (Phi) is 5.34. The Morgan fingerprint density at radius 3 is 3.10 bits per heavy atom. The van der Waals surface area contributed by atoms with E-state index in [1.54, 1.807) is 12.3 Å². The Hall–Kier alpha value is -1.17. The second-order valence-electron chi connectivity index (χ2n) is 5.31. The highest BCUT2D eigenvalue weighted by Crippen LogP contribution is 2.18. The van der Waals surface area contributed by atoms with Gasteiger partial charge in [-0.2, -0.15) is 0 Å². The Balaban J connectivity index is 2.10. The number of carbonyl (C=O) groups excluding carboxylic acids is 1. The first kappa shape index (κ1) is 15.2. The molecule has 1 aromatic heterocycles. The molecule has 0 saturated carbocycles. The van der Waals surface area contributed by atoms with Crippen molar-refractivity contribution in [3.05, 3.63) is 29.0 Å². The van der Waals surface area contributed by atoms with E-state index in [0.717, 1.165) is 6.54 Å². The van der Waals surface area contributed by atoms with Crippen LogP contribution in [0.25, 0.3) is 0 Å². The van der Waals surface area contributed by atoms with Crippen LogP contribution in [-0.4, -0.2) is 67.6 Å². The molecular formula is C14H20ClN3O2. The van der Waals surface area contributed by atoms with Crippen LogP contribution >= 0.6 is 11.6 Å². The first-order valence-electron chi connectivity index (χ1n) is 6.69. The first-order chi connectivity index (χ1) is 9.58. The minimum Gasteiger partial charge on any atom is -0.379 e. The van der Waals surface area contributed by atoms with Crippen LogP contribution < -0.4 is 0 Å². The Morgan fingerprint density at radius 1 is 1.60 bits per heavy atom. The van der Waals surface area contributed by atoms with E-state index in [0.29, 0.717) is 42.8 Å². The molecule has 1 fully saturated rings. The van der Waals surface area contributed by atoms with Crippen LogP contribution in [0.15, 0.2) is 18.5 Å². The van der Waals surface area contributed by atoms with Crippen molar-refractivity contribution in [2.45, 2.75) is 0 Å². The predicted molar refractivity (Wildman–Crippen MR) is 78.0 cm³/mol. The second kappa shape index (κ2) is 7.02. The summed E-state index contributed by atoms with van der Waals surface area (Å²) in [5.74, 6) is 0.267. The smallest absolute Gasteiger partial charge is 0.255 e. The summed E-state index contributed by atoms with van der Waals surface area (Å²) in [7, 11) is 4.05. The van der Waals surface area contributed by atoms with Gasteiger partial charge >= 0.3 is 0 Å². The molecule has 1 amide bonds. The summed E-state index contributed by atoms with van der Waals surface area (Å²) in [5, 5.41) is 0.395. The fourth-order valence-electron chi connectivity index (χ4n) is 2.41. The molecule has 1 saturated heterocycles. The fourth-order valence-corrected chi connectivity index (χ4v) is 2.61. The van der Waals surface area contributed by atoms with Crippen molar-refractivity contribution in [1.82, 2.24) is 14.8 Å². The van der Waals surface area contributed by atoms with Crippen LogP contribution in [0.4, 0.5) is 0 Å². The highest BCUT2D eigenvalue weighted by molar-refractivity contribution is 6.33. The van der Waals surface area contributed by atoms with Gasteiger partial charge in [0.2, 0.25) is 0 Å². The van der Waals surface area contributed by atoms with Gasteiger partial charge in [0.1, 0.15) is 0 Å². The summed E-state index contributed by atoms with van der Waals surface area (Å²) >= 11 is 6.05. The maximum Gasteiger partial charge on any atom is 0.255 e. The predicted octanol–water partition coefficient (Wildman–Crippen LogP) is 1.39. The molecule has 1 aliphatic heterocycles. The van der Waals surface area contributed by atoms with Crippen LogP contribution in [0.2, 0.25) is 5.02 Å². The first-order valence-corrected chi connectivity index (χ1v) is 7.07. The Morgan fingerprint density at radius 2 is 2.40 bits per heavy atom. The molecule has 5 nitrogen and oxygen atoms in total. The number of ether oxygens (including phenoxy) is 1. The number of carbonyl (C=O) groups is 1. The van der Waals surface area contributed by atoms with Gasteiger partial charge in [0.25, 0.3) is 5.91 Å². The molecule has 0 bridgehead atoms. The highest BCUT2D eigenvalue weighted by atomic mass is 35.5. The molecule has 0 radical (unpaired) electrons. The van der Waals surface area contributed by atoms with Crippen LogP contribution in [0.3, 0.4) is 0 Å². The van der Waals surface area contributed by atoms with Gasteiger partial charge in [0.05, 0.1) is 23.8 Å². The third-order valence-corrected chi connectivity index (χ3v) is 3.55. The van der Waals surface area contributed by atoms with Crippen LogP contribution in [-0.2, 0) is 4.74 Å². The van der Waals surface area contributed by atoms with Crippen molar-refractivity contribution in [3.8, 4) is 0 Å². The zero-order valence-electron chi connectivity index (χ0n) is 11.9. The normalized spacial score (nSPS) is 20.0. The topological polar surface area (TPSA) is 45.7 Å². The van der Waals surface area contributed by atoms with Crippen LogP contribution in [0.1, 0.15) is 10.4 Å². The molecule has 1 aromatic rings. The van der Waals surface area contributed by atoms with Gasteiger partial charge in [-0.3, -0.25) is 9.78 Å². The van der Waals surface area contributed by atoms with Gasteiger partial charge in [-0.1, -0.05) is 11.6 Å². The highest BCUT2D eigenvalue weighted by Gasteiger charge is 2.24. The van der Waals surface area contributed by atoms with Crippen LogP contribution in [0.5, 0.6) is 0 Å². The van der Waals surface area contributed by atoms with Gasteiger partial charge in [0.15, 0.2) is 0 Å². The van der Waals surface area contributed by atoms with Crippen molar-refractivity contribution in [1.29, 1.82) is 0 Å². The quantitative estimate of drug-likeness (QED) is 0.846. The van der Waals surface area contributed by atoms with Crippen molar-refractivity contribution >= 4 is 17.5 Å². The number of amides is 1. The summed E-state index contributed by atoms with van der Waals surface area (Å²) in [4.78, 5) is 20.4. The van der Waals surface area contributed by atoms with Crippen molar-refractivity contribution in [2.75, 3.05) is 46.9 Å². The molecule has 20 heavy (non-hydrogen) atoms. The number of aromatic nitrogens is 1. The summed E-state index contributed by atoms with van der Waals surface area (Å²) in [5.41, 5.74) is 0.507. The lowest BCUT2D eigenvalue weighted by Gasteiger charge is -2.25. The summed E-state index contributed by atoms with van der Waals surface area (Å²) in [6.07, 6.45) is 3.09.